The van der Waals surface area contributed by atoms with Crippen molar-refractivity contribution in [1.82, 2.24) is 0 Å². The molecule has 0 amide bonds. The standard InChI is InChI=1S/C14H30O6Si2/c1-11(15)17-9-13(19-21(3,4)5)14(10-18-12(2)16)20-22(6,7)8/h13-14H,9-10H2,1-8H3/t13-,14-/m0/s1. The molecule has 0 saturated heterocycles. The highest BCUT2D eigenvalue weighted by atomic mass is 28.4. The van der Waals surface area contributed by atoms with Gasteiger partial charge in [0.2, 0.25) is 0 Å². The Morgan fingerprint density at radius 2 is 1.00 bits per heavy atom. The van der Waals surface area contributed by atoms with E-state index in [1.807, 2.05) is 39.3 Å². The fraction of sp³-hybridized carbons (Fsp3) is 0.857. The van der Waals surface area contributed by atoms with Gasteiger partial charge < -0.3 is 18.3 Å². The van der Waals surface area contributed by atoms with Gasteiger partial charge in [-0.1, -0.05) is 0 Å². The normalized spacial score (nSPS) is 15.1. The molecular weight excluding hydrogens is 320 g/mol. The second-order valence-electron chi connectivity index (χ2n) is 7.14. The minimum absolute atomic E-state index is 0.0933. The quantitative estimate of drug-likeness (QED) is 0.470. The van der Waals surface area contributed by atoms with Crippen molar-refractivity contribution in [2.24, 2.45) is 0 Å². The molecule has 0 aliphatic carbocycles. The summed E-state index contributed by atoms with van der Waals surface area (Å²) in [5.74, 6) is -0.744. The van der Waals surface area contributed by atoms with Crippen molar-refractivity contribution < 1.29 is 27.9 Å². The molecule has 0 bridgehead atoms. The number of hydrogen-bond acceptors (Lipinski definition) is 6. The smallest absolute Gasteiger partial charge is 0.302 e. The second-order valence-corrected chi connectivity index (χ2v) is 16.1. The van der Waals surface area contributed by atoms with Gasteiger partial charge in [-0.2, -0.15) is 0 Å². The van der Waals surface area contributed by atoms with Gasteiger partial charge in [0, 0.05) is 13.8 Å². The number of esters is 2. The summed E-state index contributed by atoms with van der Waals surface area (Å²) in [5.41, 5.74) is 0. The Bertz CT molecular complexity index is 337. The average molecular weight is 351 g/mol. The van der Waals surface area contributed by atoms with Gasteiger partial charge >= 0.3 is 11.9 Å². The van der Waals surface area contributed by atoms with Crippen molar-refractivity contribution >= 4 is 28.6 Å². The molecule has 0 aromatic heterocycles. The van der Waals surface area contributed by atoms with Crippen LogP contribution in [0, 0.1) is 0 Å². The summed E-state index contributed by atoms with van der Waals surface area (Å²) in [6.07, 6.45) is -0.886. The van der Waals surface area contributed by atoms with Gasteiger partial charge in [0.25, 0.3) is 0 Å². The molecule has 22 heavy (non-hydrogen) atoms. The highest BCUT2D eigenvalue weighted by Crippen LogP contribution is 2.18. The Morgan fingerprint density at radius 1 is 0.727 bits per heavy atom. The monoisotopic (exact) mass is 350 g/mol. The molecule has 0 N–H and O–H groups in total. The van der Waals surface area contributed by atoms with Crippen LogP contribution in [0.1, 0.15) is 13.8 Å². The molecule has 8 heteroatoms. The fourth-order valence-corrected chi connectivity index (χ4v) is 4.00. The van der Waals surface area contributed by atoms with Gasteiger partial charge in [0.1, 0.15) is 25.4 Å². The Balaban J connectivity index is 5.11. The molecule has 0 aromatic rings. The molecule has 6 nitrogen and oxygen atoms in total. The molecule has 0 heterocycles. The van der Waals surface area contributed by atoms with Crippen LogP contribution in [-0.2, 0) is 27.9 Å². The summed E-state index contributed by atoms with van der Waals surface area (Å²) >= 11 is 0. The maximum Gasteiger partial charge on any atom is 0.302 e. The zero-order valence-electron chi connectivity index (χ0n) is 15.0. The third-order valence-corrected chi connectivity index (χ3v) is 4.35. The number of rotatable bonds is 9. The van der Waals surface area contributed by atoms with E-state index in [2.05, 4.69) is 0 Å². The molecule has 0 aliphatic rings. The predicted molar refractivity (Wildman–Crippen MR) is 89.7 cm³/mol. The van der Waals surface area contributed by atoms with Crippen LogP contribution >= 0.6 is 0 Å². The predicted octanol–water partition coefficient (Wildman–Crippen LogP) is 2.55. The van der Waals surface area contributed by atoms with E-state index in [0.717, 1.165) is 0 Å². The first-order chi connectivity index (χ1) is 9.80. The fourth-order valence-electron chi connectivity index (χ4n) is 1.74. The third-order valence-electron chi connectivity index (χ3n) is 2.33. The van der Waals surface area contributed by atoms with Gasteiger partial charge in [0.15, 0.2) is 16.6 Å². The van der Waals surface area contributed by atoms with Crippen LogP contribution in [0.4, 0.5) is 0 Å². The van der Waals surface area contributed by atoms with Crippen molar-refractivity contribution in [3.05, 3.63) is 0 Å². The maximum absolute atomic E-state index is 11.1. The first-order valence-corrected chi connectivity index (χ1v) is 14.2. The lowest BCUT2D eigenvalue weighted by Crippen LogP contribution is -2.49. The second kappa shape index (κ2) is 8.80. The minimum Gasteiger partial charge on any atom is -0.463 e. The van der Waals surface area contributed by atoms with E-state index in [1.165, 1.54) is 13.8 Å². The van der Waals surface area contributed by atoms with E-state index < -0.39 is 28.8 Å². The Morgan fingerprint density at radius 3 is 1.18 bits per heavy atom. The van der Waals surface area contributed by atoms with Gasteiger partial charge in [0.05, 0.1) is 0 Å². The molecule has 0 spiro atoms. The lowest BCUT2D eigenvalue weighted by Gasteiger charge is -2.35. The first kappa shape index (κ1) is 21.3. The molecule has 0 rings (SSSR count). The number of hydrogen-bond donors (Lipinski definition) is 0. The molecule has 0 aliphatic heterocycles. The Labute approximate surface area is 135 Å². The van der Waals surface area contributed by atoms with E-state index >= 15 is 0 Å². The molecule has 0 radical (unpaired) electrons. The van der Waals surface area contributed by atoms with Crippen molar-refractivity contribution in [1.29, 1.82) is 0 Å². The van der Waals surface area contributed by atoms with Crippen molar-refractivity contribution in [2.45, 2.75) is 65.3 Å². The van der Waals surface area contributed by atoms with Crippen molar-refractivity contribution in [3.63, 3.8) is 0 Å². The summed E-state index contributed by atoms with van der Waals surface area (Å²) in [4.78, 5) is 22.2. The molecule has 130 valence electrons. The third kappa shape index (κ3) is 11.9. The highest BCUT2D eigenvalue weighted by molar-refractivity contribution is 6.70. The summed E-state index contributed by atoms with van der Waals surface area (Å²) in [7, 11) is -3.77. The van der Waals surface area contributed by atoms with Crippen LogP contribution in [0.5, 0.6) is 0 Å². The minimum atomic E-state index is -1.88. The number of ether oxygens (including phenoxy) is 2. The van der Waals surface area contributed by atoms with E-state index in [4.69, 9.17) is 18.3 Å². The van der Waals surface area contributed by atoms with Gasteiger partial charge in [-0.3, -0.25) is 9.59 Å². The van der Waals surface area contributed by atoms with Gasteiger partial charge in [-0.05, 0) is 39.3 Å². The van der Waals surface area contributed by atoms with Crippen molar-refractivity contribution in [2.75, 3.05) is 13.2 Å². The zero-order chi connectivity index (χ0) is 17.6. The summed E-state index contributed by atoms with van der Waals surface area (Å²) in [6, 6.07) is 0. The van der Waals surface area contributed by atoms with E-state index in [0.29, 0.717) is 0 Å². The number of carbonyl (C=O) groups excluding carboxylic acids is 2. The Hall–Kier alpha value is -0.706. The van der Waals surface area contributed by atoms with Crippen LogP contribution in [0.2, 0.25) is 39.3 Å². The first-order valence-electron chi connectivity index (χ1n) is 7.42. The van der Waals surface area contributed by atoms with Crippen molar-refractivity contribution in [3.8, 4) is 0 Å². The van der Waals surface area contributed by atoms with Crippen LogP contribution in [0.3, 0.4) is 0 Å². The van der Waals surface area contributed by atoms with Crippen LogP contribution < -0.4 is 0 Å². The van der Waals surface area contributed by atoms with Crippen LogP contribution in [0.25, 0.3) is 0 Å². The molecule has 2 atom stereocenters. The van der Waals surface area contributed by atoms with E-state index in [-0.39, 0.29) is 25.2 Å². The number of carbonyl (C=O) groups is 2. The van der Waals surface area contributed by atoms with Crippen LogP contribution in [-0.4, -0.2) is 54.0 Å². The molecule has 0 saturated carbocycles. The lowest BCUT2D eigenvalue weighted by molar-refractivity contribution is -0.151. The average Bonchev–Trinajstić information content (AvgIpc) is 2.26. The zero-order valence-corrected chi connectivity index (χ0v) is 17.0. The maximum atomic E-state index is 11.1. The molecule has 0 fully saturated rings. The Kier molecular flexibility index (Phi) is 8.52. The molecule has 0 aromatic carbocycles. The topological polar surface area (TPSA) is 71.1 Å². The highest BCUT2D eigenvalue weighted by Gasteiger charge is 2.33. The van der Waals surface area contributed by atoms with Gasteiger partial charge in [-0.25, -0.2) is 0 Å². The molecule has 0 unspecified atom stereocenters. The largest absolute Gasteiger partial charge is 0.463 e. The SMILES string of the molecule is CC(=O)OC[C@H](O[Si](C)(C)C)[C@H](COC(C)=O)O[Si](C)(C)C. The molecular formula is C14H30O6Si2. The van der Waals surface area contributed by atoms with Crippen LogP contribution in [0.15, 0.2) is 0 Å². The summed E-state index contributed by atoms with van der Waals surface area (Å²) < 4.78 is 22.4. The van der Waals surface area contributed by atoms with Gasteiger partial charge in [-0.15, -0.1) is 0 Å². The summed E-state index contributed by atoms with van der Waals surface area (Å²) in [6.45, 7) is 15.2. The van der Waals surface area contributed by atoms with E-state index in [9.17, 15) is 9.59 Å². The summed E-state index contributed by atoms with van der Waals surface area (Å²) in [5, 5.41) is 0. The van der Waals surface area contributed by atoms with E-state index in [1.54, 1.807) is 0 Å². The lowest BCUT2D eigenvalue weighted by atomic mass is 10.2.